The van der Waals surface area contributed by atoms with Crippen LogP contribution in [0.1, 0.15) is 11.0 Å². The molecular weight excluding hydrogens is 621 g/mol. The van der Waals surface area contributed by atoms with Gasteiger partial charge in [0.2, 0.25) is 0 Å². The summed E-state index contributed by atoms with van der Waals surface area (Å²) >= 11 is 0. The Kier molecular flexibility index (Phi) is 5.12. The fourth-order valence-corrected chi connectivity index (χ4v) is 6.77. The second-order valence-electron chi connectivity index (χ2n) is 12.3. The molecule has 8 aromatic carbocycles. The standard InChI is InChI=1S/C47H30N4/c1-2-12-31(13-3-1)38-28-39(30-40(29-38)51-43-20-10-8-18-41(43)42-19-9-11-21-44(42)51)47-49-45(36-24-22-32-14-4-6-16-34(32)26-36)48-46(50-47)37-25-23-33-15-5-7-17-35(33)27-37/h1-30H/i8D,9D,10D,11D,18D,19D,20D,21D. The van der Waals surface area contributed by atoms with Gasteiger partial charge in [-0.3, -0.25) is 0 Å². The van der Waals surface area contributed by atoms with Crippen molar-refractivity contribution >= 4 is 43.4 Å². The Morgan fingerprint density at radius 2 is 0.843 bits per heavy atom. The molecule has 4 nitrogen and oxygen atoms in total. The molecular formula is C47H30N4. The Morgan fingerprint density at radius 1 is 0.373 bits per heavy atom. The van der Waals surface area contributed by atoms with Crippen molar-refractivity contribution in [1.82, 2.24) is 19.5 Å². The topological polar surface area (TPSA) is 43.6 Å². The monoisotopic (exact) mass is 658 g/mol. The average Bonchev–Trinajstić information content (AvgIpc) is 3.65. The molecule has 10 rings (SSSR count). The lowest BCUT2D eigenvalue weighted by Crippen LogP contribution is -2.02. The van der Waals surface area contributed by atoms with Crippen LogP contribution in [-0.2, 0) is 0 Å². The van der Waals surface area contributed by atoms with Crippen LogP contribution in [-0.4, -0.2) is 19.5 Å². The molecule has 0 bridgehead atoms. The Balaban J connectivity index is 1.31. The maximum absolute atomic E-state index is 9.13. The summed E-state index contributed by atoms with van der Waals surface area (Å²) in [4.78, 5) is 15.2. The molecule has 0 saturated heterocycles. The highest BCUT2D eigenvalue weighted by Gasteiger charge is 2.18. The molecule has 0 spiro atoms. The fourth-order valence-electron chi connectivity index (χ4n) is 6.77. The van der Waals surface area contributed by atoms with E-state index in [-0.39, 0.29) is 33.9 Å². The van der Waals surface area contributed by atoms with Crippen LogP contribution in [0.5, 0.6) is 0 Å². The van der Waals surface area contributed by atoms with E-state index in [2.05, 4.69) is 0 Å². The fraction of sp³-hybridized carbons (Fsp3) is 0. The van der Waals surface area contributed by atoms with E-state index in [0.29, 0.717) is 28.7 Å². The molecule has 51 heavy (non-hydrogen) atoms. The maximum Gasteiger partial charge on any atom is 0.164 e. The molecule has 0 N–H and O–H groups in total. The molecule has 0 amide bonds. The van der Waals surface area contributed by atoms with Crippen LogP contribution in [0.2, 0.25) is 0 Å². The van der Waals surface area contributed by atoms with E-state index < -0.39 is 36.3 Å². The van der Waals surface area contributed by atoms with E-state index in [4.69, 9.17) is 25.9 Å². The second-order valence-corrected chi connectivity index (χ2v) is 12.3. The first-order chi connectivity index (χ1) is 28.6. The number of hydrogen-bond acceptors (Lipinski definition) is 3. The molecule has 238 valence electrons. The zero-order chi connectivity index (χ0) is 40.7. The first kappa shape index (κ1) is 21.9. The number of para-hydroxylation sites is 2. The van der Waals surface area contributed by atoms with Crippen molar-refractivity contribution in [3.63, 3.8) is 0 Å². The normalized spacial score (nSPS) is 13.7. The molecule has 2 aromatic heterocycles. The summed E-state index contributed by atoms with van der Waals surface area (Å²) in [5.74, 6) is 1.21. The molecule has 2 heterocycles. The van der Waals surface area contributed by atoms with Crippen molar-refractivity contribution in [2.45, 2.75) is 0 Å². The van der Waals surface area contributed by atoms with Crippen LogP contribution in [0.25, 0.3) is 94.3 Å². The molecule has 0 radical (unpaired) electrons. The van der Waals surface area contributed by atoms with Crippen LogP contribution in [0, 0.1) is 0 Å². The summed E-state index contributed by atoms with van der Waals surface area (Å²) in [6.45, 7) is 0. The minimum Gasteiger partial charge on any atom is -0.309 e. The van der Waals surface area contributed by atoms with Gasteiger partial charge in [-0.15, -0.1) is 0 Å². The summed E-state index contributed by atoms with van der Waals surface area (Å²) in [6, 6.07) is 39.9. The van der Waals surface area contributed by atoms with Gasteiger partial charge >= 0.3 is 0 Å². The van der Waals surface area contributed by atoms with E-state index in [9.17, 15) is 0 Å². The molecule has 0 unspecified atom stereocenters. The van der Waals surface area contributed by atoms with Crippen LogP contribution >= 0.6 is 0 Å². The third-order valence-electron chi connectivity index (χ3n) is 9.22. The predicted octanol–water partition coefficient (Wildman–Crippen LogP) is 11.9. The van der Waals surface area contributed by atoms with Gasteiger partial charge in [0.25, 0.3) is 0 Å². The van der Waals surface area contributed by atoms with Gasteiger partial charge in [0.1, 0.15) is 0 Å². The van der Waals surface area contributed by atoms with Gasteiger partial charge in [-0.2, -0.15) is 0 Å². The number of fused-ring (bicyclic) bond motifs is 5. The zero-order valence-corrected chi connectivity index (χ0v) is 27.0. The van der Waals surface area contributed by atoms with Gasteiger partial charge in [-0.25, -0.2) is 15.0 Å². The SMILES string of the molecule is [2H]c1c([2H])c([2H])c2c(c1[2H])c1c([2H])c([2H])c([2H])c([2H])c1n2-c1cc(-c2ccccc2)cc(-c2nc(-c3ccc4ccccc4c3)nc(-c3ccc4ccccc4c3)n2)c1. The minimum atomic E-state index is -0.500. The van der Waals surface area contributed by atoms with E-state index in [1.807, 2.05) is 127 Å². The summed E-state index contributed by atoms with van der Waals surface area (Å²) in [6.07, 6.45) is 0. The number of hydrogen-bond donors (Lipinski definition) is 0. The first-order valence-electron chi connectivity index (χ1n) is 20.5. The predicted molar refractivity (Wildman–Crippen MR) is 211 cm³/mol. The third kappa shape index (κ3) is 5.13. The molecule has 0 saturated carbocycles. The highest BCUT2D eigenvalue weighted by molar-refractivity contribution is 6.09. The van der Waals surface area contributed by atoms with Gasteiger partial charge in [-0.05, 0) is 75.1 Å². The number of nitrogens with zero attached hydrogens (tertiary/aromatic N) is 4. The minimum absolute atomic E-state index is 0.00186. The van der Waals surface area contributed by atoms with Gasteiger partial charge in [0.15, 0.2) is 17.5 Å². The van der Waals surface area contributed by atoms with E-state index in [1.54, 1.807) is 6.07 Å². The Bertz CT molecular complexity index is 3210. The zero-order valence-electron chi connectivity index (χ0n) is 35.0. The summed E-state index contributed by atoms with van der Waals surface area (Å²) in [5, 5.41) is 4.19. The quantitative estimate of drug-likeness (QED) is 0.185. The lowest BCUT2D eigenvalue weighted by Gasteiger charge is -2.14. The van der Waals surface area contributed by atoms with E-state index >= 15 is 0 Å². The van der Waals surface area contributed by atoms with Crippen molar-refractivity contribution in [3.05, 3.63) is 182 Å². The Hall–Kier alpha value is -6.91. The van der Waals surface area contributed by atoms with Crippen molar-refractivity contribution in [3.8, 4) is 51.0 Å². The van der Waals surface area contributed by atoms with Gasteiger partial charge in [-0.1, -0.05) is 139 Å². The summed E-state index contributed by atoms with van der Waals surface area (Å²) in [5.41, 5.74) is 4.10. The summed E-state index contributed by atoms with van der Waals surface area (Å²) in [7, 11) is 0. The lowest BCUT2D eigenvalue weighted by molar-refractivity contribution is 1.07. The van der Waals surface area contributed by atoms with E-state index in [0.717, 1.165) is 43.8 Å². The molecule has 0 aliphatic carbocycles. The molecule has 0 fully saturated rings. The Labute approximate surface area is 306 Å². The van der Waals surface area contributed by atoms with Crippen molar-refractivity contribution in [2.24, 2.45) is 0 Å². The number of benzene rings is 8. The Morgan fingerprint density at radius 3 is 1.41 bits per heavy atom. The number of aromatic nitrogens is 4. The lowest BCUT2D eigenvalue weighted by atomic mass is 10.0. The molecule has 0 aliphatic rings. The van der Waals surface area contributed by atoms with E-state index in [1.165, 1.54) is 4.57 Å². The molecule has 4 heteroatoms. The summed E-state index contributed by atoms with van der Waals surface area (Å²) < 4.78 is 72.0. The van der Waals surface area contributed by atoms with Crippen molar-refractivity contribution in [2.75, 3.05) is 0 Å². The largest absolute Gasteiger partial charge is 0.309 e. The van der Waals surface area contributed by atoms with Gasteiger partial charge in [0, 0.05) is 33.2 Å². The van der Waals surface area contributed by atoms with Crippen LogP contribution in [0.15, 0.2) is 182 Å². The third-order valence-corrected chi connectivity index (χ3v) is 9.22. The van der Waals surface area contributed by atoms with Gasteiger partial charge < -0.3 is 4.57 Å². The van der Waals surface area contributed by atoms with Crippen molar-refractivity contribution in [1.29, 1.82) is 0 Å². The maximum atomic E-state index is 9.13. The van der Waals surface area contributed by atoms with Crippen LogP contribution in [0.3, 0.4) is 0 Å². The van der Waals surface area contributed by atoms with Gasteiger partial charge in [0.05, 0.1) is 22.0 Å². The van der Waals surface area contributed by atoms with Crippen LogP contribution in [0.4, 0.5) is 0 Å². The first-order valence-corrected chi connectivity index (χ1v) is 16.5. The van der Waals surface area contributed by atoms with Crippen LogP contribution < -0.4 is 0 Å². The molecule has 0 atom stereocenters. The number of rotatable bonds is 5. The highest BCUT2D eigenvalue weighted by atomic mass is 15.0. The molecule has 10 aromatic rings. The van der Waals surface area contributed by atoms with Crippen molar-refractivity contribution < 1.29 is 11.0 Å². The highest BCUT2D eigenvalue weighted by Crippen LogP contribution is 2.36. The molecule has 0 aliphatic heterocycles. The average molecular weight is 659 g/mol. The second kappa shape index (κ2) is 11.9. The smallest absolute Gasteiger partial charge is 0.164 e.